The Balaban J connectivity index is 1.60. The zero-order valence-electron chi connectivity index (χ0n) is 16.3. The minimum atomic E-state index is -0.504. The molecular weight excluding hydrogens is 344 g/mol. The van der Waals surface area contributed by atoms with Crippen molar-refractivity contribution in [2.75, 3.05) is 44.8 Å². The van der Waals surface area contributed by atoms with Gasteiger partial charge in [0.2, 0.25) is 0 Å². The van der Waals surface area contributed by atoms with E-state index >= 15 is 0 Å². The third-order valence-electron chi connectivity index (χ3n) is 5.07. The van der Waals surface area contributed by atoms with E-state index in [1.54, 1.807) is 6.07 Å². The van der Waals surface area contributed by atoms with Gasteiger partial charge in [0.25, 0.3) is 0 Å². The molecule has 3 heterocycles. The number of nitrogens with one attached hydrogen (secondary N) is 2. The molecule has 0 unspecified atom stereocenters. The summed E-state index contributed by atoms with van der Waals surface area (Å²) in [5, 5.41) is 2.71. The van der Waals surface area contributed by atoms with Gasteiger partial charge >= 0.3 is 6.09 Å². The maximum Gasteiger partial charge on any atom is 0.412 e. The average Bonchev–Trinajstić information content (AvgIpc) is 3.11. The number of carbonyl (C=O) groups is 1. The van der Waals surface area contributed by atoms with Crippen LogP contribution in [0.5, 0.6) is 0 Å². The number of likely N-dealkylation sites (tertiary alicyclic amines) is 1. The molecule has 27 heavy (non-hydrogen) atoms. The van der Waals surface area contributed by atoms with E-state index in [2.05, 4.69) is 33.3 Å². The van der Waals surface area contributed by atoms with E-state index in [1.807, 2.05) is 13.0 Å². The number of carbonyl (C=O) groups excluding carboxylic acids is 1. The van der Waals surface area contributed by atoms with E-state index in [1.165, 1.54) is 5.56 Å². The second kappa shape index (κ2) is 9.71. The van der Waals surface area contributed by atoms with Gasteiger partial charge in [0.05, 0.1) is 17.6 Å². The normalized spacial score (nSPS) is 15.9. The molecule has 0 saturated carbocycles. The Bertz CT molecular complexity index is 738. The summed E-state index contributed by atoms with van der Waals surface area (Å²) in [6, 6.07) is 3.74. The van der Waals surface area contributed by atoms with Crippen LogP contribution in [0.2, 0.25) is 0 Å². The summed E-state index contributed by atoms with van der Waals surface area (Å²) < 4.78 is 10.4. The molecule has 148 valence electrons. The Morgan fingerprint density at radius 2 is 2.07 bits per heavy atom. The number of anilines is 1. The third kappa shape index (κ3) is 5.20. The first-order valence-electron chi connectivity index (χ1n) is 9.93. The van der Waals surface area contributed by atoms with Gasteiger partial charge in [-0.2, -0.15) is 0 Å². The molecule has 0 aliphatic carbocycles. The number of nitrogens with zero attached hydrogens (tertiary/aromatic N) is 2. The van der Waals surface area contributed by atoms with E-state index in [0.717, 1.165) is 49.9 Å². The second-order valence-corrected chi connectivity index (χ2v) is 6.92. The van der Waals surface area contributed by atoms with Gasteiger partial charge in [-0.1, -0.05) is 13.8 Å². The summed E-state index contributed by atoms with van der Waals surface area (Å²) in [6.45, 7) is 8.93. The van der Waals surface area contributed by atoms with E-state index in [9.17, 15) is 4.79 Å². The lowest BCUT2D eigenvalue weighted by molar-refractivity contribution is 0.0786. The summed E-state index contributed by atoms with van der Waals surface area (Å²) >= 11 is 0. The van der Waals surface area contributed by atoms with Crippen LogP contribution in [-0.2, 0) is 9.47 Å². The number of aromatic nitrogens is 2. The molecule has 0 spiro atoms. The number of amides is 1. The Morgan fingerprint density at radius 3 is 2.81 bits per heavy atom. The van der Waals surface area contributed by atoms with Gasteiger partial charge in [-0.15, -0.1) is 0 Å². The third-order valence-corrected chi connectivity index (χ3v) is 5.07. The molecule has 1 aliphatic rings. The lowest BCUT2D eigenvalue weighted by Gasteiger charge is -2.30. The molecule has 1 aliphatic heterocycles. The fourth-order valence-corrected chi connectivity index (χ4v) is 3.54. The number of piperidine rings is 1. The van der Waals surface area contributed by atoms with Crippen LogP contribution >= 0.6 is 0 Å². The number of hydrogen-bond donors (Lipinski definition) is 2. The summed E-state index contributed by atoms with van der Waals surface area (Å²) in [4.78, 5) is 22.4. The van der Waals surface area contributed by atoms with Gasteiger partial charge < -0.3 is 19.4 Å². The predicted molar refractivity (Wildman–Crippen MR) is 106 cm³/mol. The van der Waals surface area contributed by atoms with E-state index in [-0.39, 0.29) is 6.61 Å². The molecule has 7 heteroatoms. The molecule has 7 nitrogen and oxygen atoms in total. The average molecular weight is 374 g/mol. The van der Waals surface area contributed by atoms with Crippen LogP contribution in [0.15, 0.2) is 18.3 Å². The molecule has 2 aromatic rings. The quantitative estimate of drug-likeness (QED) is 0.688. The van der Waals surface area contributed by atoms with E-state index in [4.69, 9.17) is 9.47 Å². The highest BCUT2D eigenvalue weighted by Crippen LogP contribution is 2.32. The molecule has 0 aromatic carbocycles. The second-order valence-electron chi connectivity index (χ2n) is 6.92. The predicted octanol–water partition coefficient (Wildman–Crippen LogP) is 3.74. The number of fused-ring (bicyclic) bond motifs is 1. The van der Waals surface area contributed by atoms with E-state index < -0.39 is 6.09 Å². The van der Waals surface area contributed by atoms with Crippen LogP contribution in [0.1, 0.15) is 44.6 Å². The van der Waals surface area contributed by atoms with Crippen molar-refractivity contribution >= 4 is 22.9 Å². The molecule has 0 radical (unpaired) electrons. The van der Waals surface area contributed by atoms with Crippen LogP contribution in [0, 0.1) is 0 Å². The van der Waals surface area contributed by atoms with Crippen molar-refractivity contribution in [1.82, 2.24) is 14.9 Å². The highest BCUT2D eigenvalue weighted by atomic mass is 16.6. The SMILES string of the molecule is CCCOCCOC(=O)Nc1ccc2[nH]cc(C3CCN(CC)CC3)c2n1. The van der Waals surface area contributed by atoms with Crippen molar-refractivity contribution in [3.63, 3.8) is 0 Å². The molecule has 3 rings (SSSR count). The minimum absolute atomic E-state index is 0.236. The fourth-order valence-electron chi connectivity index (χ4n) is 3.54. The van der Waals surface area contributed by atoms with Gasteiger partial charge in [0.15, 0.2) is 0 Å². The standard InChI is InChI=1S/C20H30N4O3/c1-3-11-26-12-13-27-20(25)23-18-6-5-17-19(22-18)16(14-21-17)15-7-9-24(4-2)10-8-15/h5-6,14-15,21H,3-4,7-13H2,1-2H3,(H,22,23,25). The van der Waals surface area contributed by atoms with Crippen LogP contribution in [0.3, 0.4) is 0 Å². The van der Waals surface area contributed by atoms with Crippen molar-refractivity contribution in [3.05, 3.63) is 23.9 Å². The maximum atomic E-state index is 11.9. The Morgan fingerprint density at radius 1 is 1.26 bits per heavy atom. The van der Waals surface area contributed by atoms with Crippen LogP contribution < -0.4 is 5.32 Å². The molecule has 0 atom stereocenters. The van der Waals surface area contributed by atoms with Gasteiger partial charge in [-0.3, -0.25) is 5.32 Å². The molecule has 1 amide bonds. The zero-order chi connectivity index (χ0) is 19.1. The van der Waals surface area contributed by atoms with Crippen LogP contribution in [-0.4, -0.2) is 60.4 Å². The molecular formula is C20H30N4O3. The largest absolute Gasteiger partial charge is 0.447 e. The van der Waals surface area contributed by atoms with Crippen molar-refractivity contribution in [2.24, 2.45) is 0 Å². The Labute approximate surface area is 160 Å². The van der Waals surface area contributed by atoms with Gasteiger partial charge in [0.1, 0.15) is 12.4 Å². The zero-order valence-corrected chi connectivity index (χ0v) is 16.3. The van der Waals surface area contributed by atoms with E-state index in [0.29, 0.717) is 24.9 Å². The highest BCUT2D eigenvalue weighted by molar-refractivity contribution is 5.87. The fraction of sp³-hybridized carbons (Fsp3) is 0.600. The van der Waals surface area contributed by atoms with Crippen LogP contribution in [0.4, 0.5) is 10.6 Å². The molecule has 2 N–H and O–H groups in total. The molecule has 1 saturated heterocycles. The van der Waals surface area contributed by atoms with Crippen molar-refractivity contribution < 1.29 is 14.3 Å². The Hall–Kier alpha value is -2.12. The summed E-state index contributed by atoms with van der Waals surface area (Å²) in [5.74, 6) is 1.01. The van der Waals surface area contributed by atoms with Gasteiger partial charge in [0, 0.05) is 12.8 Å². The van der Waals surface area contributed by atoms with Crippen molar-refractivity contribution in [1.29, 1.82) is 0 Å². The number of rotatable bonds is 8. The molecule has 2 aromatic heterocycles. The van der Waals surface area contributed by atoms with Gasteiger partial charge in [-0.25, -0.2) is 9.78 Å². The smallest absolute Gasteiger partial charge is 0.412 e. The lowest BCUT2D eigenvalue weighted by Crippen LogP contribution is -2.32. The van der Waals surface area contributed by atoms with Gasteiger partial charge in [-0.05, 0) is 62.5 Å². The number of aromatic amines is 1. The number of H-pyrrole nitrogens is 1. The minimum Gasteiger partial charge on any atom is -0.447 e. The summed E-state index contributed by atoms with van der Waals surface area (Å²) in [7, 11) is 0. The number of ether oxygens (including phenoxy) is 2. The first-order chi connectivity index (χ1) is 13.2. The van der Waals surface area contributed by atoms with Crippen molar-refractivity contribution in [2.45, 2.75) is 39.0 Å². The number of pyridine rings is 1. The number of hydrogen-bond acceptors (Lipinski definition) is 5. The molecule has 1 fully saturated rings. The molecule has 0 bridgehead atoms. The lowest BCUT2D eigenvalue weighted by atomic mass is 9.90. The summed E-state index contributed by atoms with van der Waals surface area (Å²) in [5.41, 5.74) is 3.18. The highest BCUT2D eigenvalue weighted by Gasteiger charge is 2.22. The van der Waals surface area contributed by atoms with Crippen molar-refractivity contribution in [3.8, 4) is 0 Å². The monoisotopic (exact) mass is 374 g/mol. The van der Waals surface area contributed by atoms with Crippen LogP contribution in [0.25, 0.3) is 11.0 Å². The Kier molecular flexibility index (Phi) is 7.06. The first kappa shape index (κ1) is 19.6. The topological polar surface area (TPSA) is 79.5 Å². The summed E-state index contributed by atoms with van der Waals surface area (Å²) in [6.07, 6.45) is 4.79. The maximum absolute atomic E-state index is 11.9. The first-order valence-corrected chi connectivity index (χ1v) is 9.93.